The molecule has 2 amide bonds. The van der Waals surface area contributed by atoms with Gasteiger partial charge >= 0.3 is 0 Å². The Morgan fingerprint density at radius 2 is 1.83 bits per heavy atom. The highest BCUT2D eigenvalue weighted by Gasteiger charge is 2.18. The minimum atomic E-state index is -0.128. The maximum Gasteiger partial charge on any atom is 0.261 e. The van der Waals surface area contributed by atoms with E-state index in [0.717, 1.165) is 5.56 Å². The first-order valence-corrected chi connectivity index (χ1v) is 8.62. The van der Waals surface area contributed by atoms with E-state index in [1.54, 1.807) is 6.07 Å². The Morgan fingerprint density at radius 3 is 2.43 bits per heavy atom. The second kappa shape index (κ2) is 8.48. The fourth-order valence-electron chi connectivity index (χ4n) is 2.33. The summed E-state index contributed by atoms with van der Waals surface area (Å²) in [6, 6.07) is 13.5. The predicted octanol–water partition coefficient (Wildman–Crippen LogP) is 3.38. The first kappa shape index (κ1) is 17.2. The topological polar surface area (TPSA) is 58.2 Å². The van der Waals surface area contributed by atoms with Crippen LogP contribution < -0.4 is 10.6 Å². The van der Waals surface area contributed by atoms with Gasteiger partial charge in [-0.25, -0.2) is 0 Å². The minimum absolute atomic E-state index is 0.0169. The van der Waals surface area contributed by atoms with Gasteiger partial charge in [-0.2, -0.15) is 0 Å². The van der Waals surface area contributed by atoms with Crippen LogP contribution in [0.25, 0.3) is 0 Å². The number of thiophene rings is 1. The van der Waals surface area contributed by atoms with Crippen LogP contribution in [0.2, 0.25) is 0 Å². The van der Waals surface area contributed by atoms with Crippen molar-refractivity contribution in [2.75, 3.05) is 6.54 Å². The van der Waals surface area contributed by atoms with Crippen LogP contribution in [-0.2, 0) is 4.79 Å². The zero-order chi connectivity index (χ0) is 16.7. The SMILES string of the molecule is CC(C)C(NC(=O)CCNC(=O)c1cccs1)c1ccccc1. The lowest BCUT2D eigenvalue weighted by molar-refractivity contribution is -0.122. The lowest BCUT2D eigenvalue weighted by atomic mass is 9.96. The summed E-state index contributed by atoms with van der Waals surface area (Å²) in [5, 5.41) is 7.68. The third-order valence-corrected chi connectivity index (χ3v) is 4.39. The molecule has 0 aliphatic carbocycles. The minimum Gasteiger partial charge on any atom is -0.351 e. The molecule has 2 N–H and O–H groups in total. The van der Waals surface area contributed by atoms with Crippen molar-refractivity contribution >= 4 is 23.2 Å². The van der Waals surface area contributed by atoms with Crippen LogP contribution in [0.15, 0.2) is 47.8 Å². The third-order valence-electron chi connectivity index (χ3n) is 3.52. The van der Waals surface area contributed by atoms with Crippen LogP contribution in [-0.4, -0.2) is 18.4 Å². The van der Waals surface area contributed by atoms with Gasteiger partial charge in [-0.15, -0.1) is 11.3 Å². The Morgan fingerprint density at radius 1 is 1.09 bits per heavy atom. The second-order valence-corrected chi connectivity index (χ2v) is 6.63. The van der Waals surface area contributed by atoms with Gasteiger partial charge in [-0.1, -0.05) is 50.2 Å². The lowest BCUT2D eigenvalue weighted by Crippen LogP contribution is -2.34. The van der Waals surface area contributed by atoms with E-state index in [1.807, 2.05) is 41.8 Å². The Balaban J connectivity index is 1.82. The van der Waals surface area contributed by atoms with Crippen molar-refractivity contribution in [2.45, 2.75) is 26.3 Å². The van der Waals surface area contributed by atoms with E-state index in [-0.39, 0.29) is 24.3 Å². The lowest BCUT2D eigenvalue weighted by Gasteiger charge is -2.23. The molecule has 0 aliphatic heterocycles. The maximum absolute atomic E-state index is 12.1. The summed E-state index contributed by atoms with van der Waals surface area (Å²) in [6.07, 6.45) is 0.271. The monoisotopic (exact) mass is 330 g/mol. The largest absolute Gasteiger partial charge is 0.351 e. The van der Waals surface area contributed by atoms with Crippen molar-refractivity contribution in [3.8, 4) is 0 Å². The van der Waals surface area contributed by atoms with Gasteiger partial charge in [0.2, 0.25) is 5.91 Å². The first-order chi connectivity index (χ1) is 11.1. The molecular formula is C18H22N2O2S. The summed E-state index contributed by atoms with van der Waals surface area (Å²) in [6.45, 7) is 4.50. The van der Waals surface area contributed by atoms with Crippen LogP contribution in [0.5, 0.6) is 0 Å². The van der Waals surface area contributed by atoms with Crippen LogP contribution >= 0.6 is 11.3 Å². The average Bonchev–Trinajstić information content (AvgIpc) is 3.07. The van der Waals surface area contributed by atoms with Crippen molar-refractivity contribution in [1.82, 2.24) is 10.6 Å². The molecule has 1 atom stereocenters. The normalized spacial score (nSPS) is 12.0. The molecular weight excluding hydrogens is 308 g/mol. The molecule has 2 rings (SSSR count). The summed E-state index contributed by atoms with van der Waals surface area (Å²) in [4.78, 5) is 24.6. The van der Waals surface area contributed by atoms with Crippen molar-refractivity contribution in [1.29, 1.82) is 0 Å². The standard InChI is InChI=1S/C18H22N2O2S/c1-13(2)17(14-7-4-3-5-8-14)20-16(21)10-11-19-18(22)15-9-6-12-23-15/h3-9,12-13,17H,10-11H2,1-2H3,(H,19,22)(H,20,21). The summed E-state index contributed by atoms with van der Waals surface area (Å²) < 4.78 is 0. The fourth-order valence-corrected chi connectivity index (χ4v) is 2.97. The van der Waals surface area contributed by atoms with E-state index < -0.39 is 0 Å². The summed E-state index contributed by atoms with van der Waals surface area (Å²) >= 11 is 1.39. The van der Waals surface area contributed by atoms with Gasteiger partial charge in [-0.3, -0.25) is 9.59 Å². The van der Waals surface area contributed by atoms with Gasteiger partial charge in [0.1, 0.15) is 0 Å². The number of rotatable bonds is 7. The molecule has 0 saturated carbocycles. The number of amides is 2. The molecule has 1 unspecified atom stereocenters. The van der Waals surface area contributed by atoms with E-state index in [9.17, 15) is 9.59 Å². The van der Waals surface area contributed by atoms with Gasteiger partial charge in [0, 0.05) is 13.0 Å². The van der Waals surface area contributed by atoms with E-state index in [4.69, 9.17) is 0 Å². The molecule has 0 spiro atoms. The molecule has 0 aliphatic rings. The molecule has 4 nitrogen and oxygen atoms in total. The Kier molecular flexibility index (Phi) is 6.35. The maximum atomic E-state index is 12.1. The van der Waals surface area contributed by atoms with Crippen molar-refractivity contribution in [3.05, 3.63) is 58.3 Å². The third kappa shape index (κ3) is 5.21. The van der Waals surface area contributed by atoms with Crippen LogP contribution in [0, 0.1) is 5.92 Å². The molecule has 23 heavy (non-hydrogen) atoms. The average molecular weight is 330 g/mol. The summed E-state index contributed by atoms with van der Waals surface area (Å²) in [5.41, 5.74) is 1.10. The van der Waals surface area contributed by atoms with Crippen molar-refractivity contribution in [2.24, 2.45) is 5.92 Å². The van der Waals surface area contributed by atoms with E-state index >= 15 is 0 Å². The molecule has 0 bridgehead atoms. The predicted molar refractivity (Wildman–Crippen MR) is 93.4 cm³/mol. The molecule has 0 fully saturated rings. The van der Waals surface area contributed by atoms with E-state index in [2.05, 4.69) is 24.5 Å². The molecule has 1 heterocycles. The summed E-state index contributed by atoms with van der Waals surface area (Å²) in [5.74, 6) is 0.109. The number of benzene rings is 1. The van der Waals surface area contributed by atoms with E-state index in [1.165, 1.54) is 11.3 Å². The molecule has 1 aromatic heterocycles. The van der Waals surface area contributed by atoms with E-state index in [0.29, 0.717) is 17.3 Å². The molecule has 2 aromatic rings. The number of carbonyl (C=O) groups excluding carboxylic acids is 2. The second-order valence-electron chi connectivity index (χ2n) is 5.68. The highest BCUT2D eigenvalue weighted by Crippen LogP contribution is 2.21. The molecule has 0 saturated heterocycles. The quantitative estimate of drug-likeness (QED) is 0.817. The van der Waals surface area contributed by atoms with Gasteiger partial charge in [0.05, 0.1) is 10.9 Å². The van der Waals surface area contributed by atoms with Gasteiger partial charge < -0.3 is 10.6 Å². The first-order valence-electron chi connectivity index (χ1n) is 7.74. The van der Waals surface area contributed by atoms with Crippen molar-refractivity contribution < 1.29 is 9.59 Å². The summed E-state index contributed by atoms with van der Waals surface area (Å²) in [7, 11) is 0. The molecule has 0 radical (unpaired) electrons. The number of hydrogen-bond acceptors (Lipinski definition) is 3. The fraction of sp³-hybridized carbons (Fsp3) is 0.333. The van der Waals surface area contributed by atoms with Crippen LogP contribution in [0.1, 0.15) is 41.5 Å². The Labute approximate surface area is 140 Å². The highest BCUT2D eigenvalue weighted by atomic mass is 32.1. The smallest absolute Gasteiger partial charge is 0.261 e. The number of carbonyl (C=O) groups is 2. The van der Waals surface area contributed by atoms with Crippen LogP contribution in [0.3, 0.4) is 0 Å². The molecule has 5 heteroatoms. The number of nitrogens with one attached hydrogen (secondary N) is 2. The zero-order valence-electron chi connectivity index (χ0n) is 13.4. The Hall–Kier alpha value is -2.14. The number of hydrogen-bond donors (Lipinski definition) is 2. The molecule has 122 valence electrons. The van der Waals surface area contributed by atoms with Gasteiger partial charge in [-0.05, 0) is 22.9 Å². The van der Waals surface area contributed by atoms with Gasteiger partial charge in [0.25, 0.3) is 5.91 Å². The van der Waals surface area contributed by atoms with Crippen molar-refractivity contribution in [3.63, 3.8) is 0 Å². The Bertz CT molecular complexity index is 624. The molecule has 1 aromatic carbocycles. The van der Waals surface area contributed by atoms with Gasteiger partial charge in [0.15, 0.2) is 0 Å². The zero-order valence-corrected chi connectivity index (χ0v) is 14.2. The van der Waals surface area contributed by atoms with Crippen LogP contribution in [0.4, 0.5) is 0 Å². The highest BCUT2D eigenvalue weighted by molar-refractivity contribution is 7.12.